The summed E-state index contributed by atoms with van der Waals surface area (Å²) in [5.41, 5.74) is 1.16. The van der Waals surface area contributed by atoms with E-state index < -0.39 is 0 Å². The molecule has 0 radical (unpaired) electrons. The van der Waals surface area contributed by atoms with Crippen LogP contribution < -0.4 is 14.8 Å². The van der Waals surface area contributed by atoms with Crippen LogP contribution in [0.3, 0.4) is 0 Å². The molecule has 100 valence electrons. The minimum atomic E-state index is 0.579. The maximum absolute atomic E-state index is 5.72. The molecule has 0 spiro atoms. The van der Waals surface area contributed by atoms with E-state index in [2.05, 4.69) is 33.5 Å². The Bertz CT molecular complexity index is 497. The van der Waals surface area contributed by atoms with Gasteiger partial charge in [-0.25, -0.2) is 0 Å². The quantitative estimate of drug-likeness (QED) is 0.600. The van der Waals surface area contributed by atoms with Gasteiger partial charge in [0.25, 0.3) is 0 Å². The zero-order valence-corrected chi connectivity index (χ0v) is 12.8. The molecule has 2 aromatic carbocycles. The van der Waals surface area contributed by atoms with Crippen molar-refractivity contribution in [3.05, 3.63) is 54.1 Å². The zero-order chi connectivity index (χ0) is 13.5. The Kier molecular flexibility index (Phi) is 5.56. The molecule has 0 aliphatic heterocycles. The number of hydrogen-bond donors (Lipinski definition) is 0. The minimum Gasteiger partial charge on any atom is -0.489 e. The molecule has 0 aliphatic rings. The normalized spacial score (nSPS) is 10.2. The lowest BCUT2D eigenvalue weighted by Gasteiger charge is -2.08. The first-order valence-electron chi connectivity index (χ1n) is 5.97. The lowest BCUT2D eigenvalue weighted by molar-refractivity contribution is 0.305. The second-order valence-electron chi connectivity index (χ2n) is 4.05. The number of hydrogen-bond acceptors (Lipinski definition) is 3. The zero-order valence-electron chi connectivity index (χ0n) is 10.8. The molecule has 2 aromatic rings. The second kappa shape index (κ2) is 7.42. The third-order valence-electron chi connectivity index (χ3n) is 2.55. The molecule has 0 heterocycles. The molecule has 0 N–H and O–H groups in total. The predicted octanol–water partition coefficient (Wildman–Crippen LogP) is 3.47. The summed E-state index contributed by atoms with van der Waals surface area (Å²) in [7, 11) is 2.67. The summed E-state index contributed by atoms with van der Waals surface area (Å²) in [6.45, 7) is 0.579. The van der Waals surface area contributed by atoms with Crippen molar-refractivity contribution in [2.75, 3.05) is 12.2 Å². The Morgan fingerprint density at radius 3 is 2.05 bits per heavy atom. The summed E-state index contributed by atoms with van der Waals surface area (Å²) in [6, 6.07) is 16.0. The van der Waals surface area contributed by atoms with E-state index in [9.17, 15) is 0 Å². The lowest BCUT2D eigenvalue weighted by Crippen LogP contribution is -1.98. The van der Waals surface area contributed by atoms with E-state index in [-0.39, 0.29) is 0 Å². The molecule has 0 amide bonds. The van der Waals surface area contributed by atoms with Gasteiger partial charge in [-0.15, -0.1) is 21.0 Å². The van der Waals surface area contributed by atoms with E-state index in [4.69, 9.17) is 9.47 Å². The fourth-order valence-corrected chi connectivity index (χ4v) is 1.99. The molecule has 0 fully saturated rings. The molecule has 2 rings (SSSR count). The van der Waals surface area contributed by atoms with Gasteiger partial charge in [0.1, 0.15) is 24.0 Å². The van der Waals surface area contributed by atoms with Crippen LogP contribution in [0.25, 0.3) is 0 Å². The Balaban J connectivity index is 1.87. The van der Waals surface area contributed by atoms with Crippen molar-refractivity contribution in [3.63, 3.8) is 0 Å². The van der Waals surface area contributed by atoms with Crippen LogP contribution in [-0.2, 0) is 6.61 Å². The molecule has 0 aromatic heterocycles. The Morgan fingerprint density at radius 1 is 0.895 bits per heavy atom. The number of ether oxygens (including phenoxy) is 2. The second-order valence-corrected chi connectivity index (χ2v) is 5.53. The van der Waals surface area contributed by atoms with Gasteiger partial charge in [0.2, 0.25) is 0 Å². The van der Waals surface area contributed by atoms with Crippen LogP contribution in [0.4, 0.5) is 0 Å². The molecule has 0 saturated heterocycles. The first-order valence-corrected chi connectivity index (χ1v) is 7.94. The van der Waals surface area contributed by atoms with Crippen molar-refractivity contribution in [2.45, 2.75) is 6.61 Å². The van der Waals surface area contributed by atoms with Crippen molar-refractivity contribution in [3.8, 4) is 11.5 Å². The van der Waals surface area contributed by atoms with Crippen LogP contribution in [0.5, 0.6) is 11.5 Å². The van der Waals surface area contributed by atoms with Gasteiger partial charge in [0, 0.05) is 0 Å². The van der Waals surface area contributed by atoms with Gasteiger partial charge in [-0.3, -0.25) is 0 Å². The van der Waals surface area contributed by atoms with Gasteiger partial charge in [-0.05, 0) is 41.4 Å². The maximum Gasteiger partial charge on any atom is 0.133 e. The topological polar surface area (TPSA) is 18.5 Å². The van der Waals surface area contributed by atoms with E-state index in [1.165, 1.54) is 5.30 Å². The summed E-state index contributed by atoms with van der Waals surface area (Å²) in [4.78, 5) is 0. The summed E-state index contributed by atoms with van der Waals surface area (Å²) < 4.78 is 11.2. The molecular weight excluding hydrogens is 275 g/mol. The van der Waals surface area contributed by atoms with E-state index in [1.54, 1.807) is 11.8 Å². The maximum atomic E-state index is 5.72. The Labute approximate surface area is 120 Å². The van der Waals surface area contributed by atoms with Gasteiger partial charge in [0.15, 0.2) is 0 Å². The fraction of sp³-hybridized carbons (Fsp3) is 0.200. The number of thioether (sulfide) groups is 1. The van der Waals surface area contributed by atoms with Crippen molar-refractivity contribution in [2.24, 2.45) is 0 Å². The number of rotatable bonds is 6. The molecular formula is C15H17O2PS. The lowest BCUT2D eigenvalue weighted by atomic mass is 10.2. The van der Waals surface area contributed by atoms with Gasteiger partial charge in [-0.1, -0.05) is 24.3 Å². The molecule has 4 heteroatoms. The molecule has 0 bridgehead atoms. The average molecular weight is 292 g/mol. The SMILES string of the molecule is CSCOc1ccc(OCc2ccc(P)cc2)cc1. The highest BCUT2D eigenvalue weighted by molar-refractivity contribution is 7.98. The van der Waals surface area contributed by atoms with Gasteiger partial charge in [-0.2, -0.15) is 0 Å². The summed E-state index contributed by atoms with van der Waals surface area (Å²) >= 11 is 1.65. The first-order chi connectivity index (χ1) is 9.28. The van der Waals surface area contributed by atoms with Crippen LogP contribution in [-0.4, -0.2) is 12.2 Å². The molecule has 1 atom stereocenters. The van der Waals surface area contributed by atoms with Gasteiger partial charge in [0.05, 0.1) is 0 Å². The van der Waals surface area contributed by atoms with Crippen molar-refractivity contribution in [1.29, 1.82) is 0 Å². The molecule has 1 unspecified atom stereocenters. The first kappa shape index (κ1) is 14.2. The molecule has 0 saturated carbocycles. The molecule has 0 aliphatic carbocycles. The van der Waals surface area contributed by atoms with E-state index in [1.807, 2.05) is 30.5 Å². The van der Waals surface area contributed by atoms with Gasteiger partial charge >= 0.3 is 0 Å². The monoisotopic (exact) mass is 292 g/mol. The predicted molar refractivity (Wildman–Crippen MR) is 85.6 cm³/mol. The Hall–Kier alpha value is -1.18. The largest absolute Gasteiger partial charge is 0.489 e. The standard InChI is InChI=1S/C15H17O2PS/c1-19-11-17-14-6-4-13(5-7-14)16-10-12-2-8-15(18)9-3-12/h2-9H,10-11,18H2,1H3. The molecule has 19 heavy (non-hydrogen) atoms. The van der Waals surface area contributed by atoms with Crippen LogP contribution in [0.1, 0.15) is 5.56 Å². The highest BCUT2D eigenvalue weighted by Gasteiger charge is 1.98. The van der Waals surface area contributed by atoms with Crippen LogP contribution >= 0.6 is 21.0 Å². The highest BCUT2D eigenvalue weighted by atomic mass is 32.2. The minimum absolute atomic E-state index is 0.579. The average Bonchev–Trinajstić information content (AvgIpc) is 2.46. The third kappa shape index (κ3) is 4.77. The summed E-state index contributed by atoms with van der Waals surface area (Å²) in [6.07, 6.45) is 2.01. The number of benzene rings is 2. The van der Waals surface area contributed by atoms with E-state index in [0.717, 1.165) is 17.1 Å². The van der Waals surface area contributed by atoms with Crippen molar-refractivity contribution in [1.82, 2.24) is 0 Å². The van der Waals surface area contributed by atoms with Crippen molar-refractivity contribution >= 4 is 26.3 Å². The van der Waals surface area contributed by atoms with Crippen LogP contribution in [0.15, 0.2) is 48.5 Å². The fourth-order valence-electron chi connectivity index (χ4n) is 1.54. The van der Waals surface area contributed by atoms with Gasteiger partial charge < -0.3 is 9.47 Å². The van der Waals surface area contributed by atoms with Crippen LogP contribution in [0.2, 0.25) is 0 Å². The Morgan fingerprint density at radius 2 is 1.47 bits per heavy atom. The van der Waals surface area contributed by atoms with Crippen LogP contribution in [0, 0.1) is 0 Å². The highest BCUT2D eigenvalue weighted by Crippen LogP contribution is 2.19. The van der Waals surface area contributed by atoms with E-state index >= 15 is 0 Å². The summed E-state index contributed by atoms with van der Waals surface area (Å²) in [5, 5.41) is 1.18. The molecule has 2 nitrogen and oxygen atoms in total. The van der Waals surface area contributed by atoms with E-state index in [0.29, 0.717) is 12.5 Å². The summed E-state index contributed by atoms with van der Waals surface area (Å²) in [5.74, 6) is 2.39. The van der Waals surface area contributed by atoms with Crippen molar-refractivity contribution < 1.29 is 9.47 Å². The smallest absolute Gasteiger partial charge is 0.133 e. The third-order valence-corrected chi connectivity index (χ3v) is 3.29.